The normalized spacial score (nSPS) is 20.2. The summed E-state index contributed by atoms with van der Waals surface area (Å²) < 4.78 is 10.1. The molecule has 0 radical (unpaired) electrons. The van der Waals surface area contributed by atoms with Crippen molar-refractivity contribution in [2.24, 2.45) is 10.2 Å². The Labute approximate surface area is 139 Å². The van der Waals surface area contributed by atoms with Crippen molar-refractivity contribution in [2.75, 3.05) is 0 Å². The molecule has 0 aromatic carbocycles. The first-order chi connectivity index (χ1) is 10.9. The number of thioether (sulfide) groups is 1. The zero-order valence-corrected chi connectivity index (χ0v) is 13.8. The van der Waals surface area contributed by atoms with E-state index in [9.17, 15) is 9.59 Å². The van der Waals surface area contributed by atoms with Crippen molar-refractivity contribution >= 4 is 46.4 Å². The molecule has 120 valence electrons. The number of cyclic esters (lactones) is 2. The van der Waals surface area contributed by atoms with Gasteiger partial charge in [-0.05, 0) is 23.2 Å². The van der Waals surface area contributed by atoms with Gasteiger partial charge in [0.05, 0.1) is 6.21 Å². The molecule has 2 aliphatic rings. The van der Waals surface area contributed by atoms with Crippen LogP contribution in [-0.2, 0) is 19.1 Å². The highest BCUT2D eigenvalue weighted by Crippen LogP contribution is 2.30. The topological polar surface area (TPSA) is 101 Å². The molecule has 8 nitrogen and oxygen atoms in total. The molecule has 0 spiro atoms. The molecule has 23 heavy (non-hydrogen) atoms. The molecule has 3 rings (SSSR count). The van der Waals surface area contributed by atoms with Gasteiger partial charge in [-0.25, -0.2) is 9.59 Å². The summed E-state index contributed by atoms with van der Waals surface area (Å²) in [5.74, 6) is -2.77. The molecule has 0 saturated carbocycles. The third-order valence-corrected chi connectivity index (χ3v) is 4.35. The Balaban J connectivity index is 1.66. The lowest BCUT2D eigenvalue weighted by molar-refractivity contribution is -0.222. The fourth-order valence-corrected chi connectivity index (χ4v) is 3.08. The molecule has 0 unspecified atom stereocenters. The second kappa shape index (κ2) is 6.05. The number of thiophene rings is 1. The molecule has 1 saturated heterocycles. The van der Waals surface area contributed by atoms with E-state index in [1.807, 2.05) is 17.5 Å². The smallest absolute Gasteiger partial charge is 0.351 e. The number of hydrogen-bond acceptors (Lipinski definition) is 10. The minimum atomic E-state index is -1.27. The fourth-order valence-electron chi connectivity index (χ4n) is 1.75. The van der Waals surface area contributed by atoms with Gasteiger partial charge in [0.15, 0.2) is 5.57 Å². The van der Waals surface area contributed by atoms with E-state index >= 15 is 0 Å². The number of hydrazone groups is 2. The van der Waals surface area contributed by atoms with Crippen LogP contribution in [0.4, 0.5) is 0 Å². The maximum Gasteiger partial charge on any atom is 0.351 e. The maximum absolute atomic E-state index is 11.9. The van der Waals surface area contributed by atoms with Gasteiger partial charge in [0.1, 0.15) is 5.03 Å². The van der Waals surface area contributed by atoms with Gasteiger partial charge in [-0.15, -0.1) is 16.4 Å². The monoisotopic (exact) mass is 352 g/mol. The first-order valence-corrected chi connectivity index (χ1v) is 8.19. The van der Waals surface area contributed by atoms with Crippen LogP contribution < -0.4 is 10.9 Å². The number of amidine groups is 1. The number of nitrogens with one attached hydrogen (secondary N) is 2. The highest BCUT2D eigenvalue weighted by atomic mass is 32.2. The average molecular weight is 352 g/mol. The number of carbonyl (C=O) groups is 2. The molecule has 0 amide bonds. The minimum absolute atomic E-state index is 0.211. The second-order valence-electron chi connectivity index (χ2n) is 4.90. The van der Waals surface area contributed by atoms with Crippen LogP contribution in [0.2, 0.25) is 0 Å². The van der Waals surface area contributed by atoms with Crippen molar-refractivity contribution in [3.63, 3.8) is 0 Å². The van der Waals surface area contributed by atoms with E-state index in [1.165, 1.54) is 13.8 Å². The van der Waals surface area contributed by atoms with E-state index in [0.29, 0.717) is 5.17 Å². The van der Waals surface area contributed by atoms with Crippen LogP contribution >= 0.6 is 23.1 Å². The SMILES string of the molecule is CC1(C)OC(=O)C(=C2NN=C(N/N=C/c3cccs3)S2)C(=O)O1. The lowest BCUT2D eigenvalue weighted by Gasteiger charge is -2.30. The van der Waals surface area contributed by atoms with Crippen molar-refractivity contribution in [3.8, 4) is 0 Å². The quantitative estimate of drug-likeness (QED) is 0.272. The molecule has 1 fully saturated rings. The third kappa shape index (κ3) is 3.54. The number of ether oxygens (including phenoxy) is 2. The Morgan fingerprint density at radius 3 is 2.74 bits per heavy atom. The molecule has 2 N–H and O–H groups in total. The summed E-state index contributed by atoms with van der Waals surface area (Å²) in [4.78, 5) is 24.9. The summed E-state index contributed by atoms with van der Waals surface area (Å²) in [7, 11) is 0. The van der Waals surface area contributed by atoms with Crippen LogP contribution in [0.5, 0.6) is 0 Å². The van der Waals surface area contributed by atoms with Gasteiger partial charge in [-0.2, -0.15) is 5.10 Å². The van der Waals surface area contributed by atoms with Crippen LogP contribution in [-0.4, -0.2) is 29.1 Å². The van der Waals surface area contributed by atoms with E-state index in [0.717, 1.165) is 16.6 Å². The number of carbonyl (C=O) groups excluding carboxylic acids is 2. The van der Waals surface area contributed by atoms with Crippen molar-refractivity contribution in [1.82, 2.24) is 10.9 Å². The molecule has 1 aromatic rings. The van der Waals surface area contributed by atoms with Crippen LogP contribution in [0.25, 0.3) is 0 Å². The first-order valence-electron chi connectivity index (χ1n) is 6.50. The Bertz CT molecular complexity index is 715. The van der Waals surface area contributed by atoms with Gasteiger partial charge in [0.2, 0.25) is 5.17 Å². The first kappa shape index (κ1) is 15.6. The molecule has 3 heterocycles. The van der Waals surface area contributed by atoms with Crippen molar-refractivity contribution in [3.05, 3.63) is 33.0 Å². The molecule has 1 aromatic heterocycles. The Kier molecular flexibility index (Phi) is 4.09. The van der Waals surface area contributed by atoms with Gasteiger partial charge >= 0.3 is 11.9 Å². The van der Waals surface area contributed by atoms with Gasteiger partial charge in [0, 0.05) is 18.7 Å². The van der Waals surface area contributed by atoms with Gasteiger partial charge in [0.25, 0.3) is 5.79 Å². The zero-order valence-electron chi connectivity index (χ0n) is 12.2. The van der Waals surface area contributed by atoms with E-state index in [-0.39, 0.29) is 10.6 Å². The molecule has 0 atom stereocenters. The van der Waals surface area contributed by atoms with E-state index in [1.54, 1.807) is 17.6 Å². The number of esters is 2. The van der Waals surface area contributed by atoms with Crippen LogP contribution in [0.3, 0.4) is 0 Å². The number of rotatable bonds is 2. The molecular weight excluding hydrogens is 340 g/mol. The Morgan fingerprint density at radius 2 is 2.09 bits per heavy atom. The lowest BCUT2D eigenvalue weighted by atomic mass is 10.2. The summed E-state index contributed by atoms with van der Waals surface area (Å²) >= 11 is 2.60. The standard InChI is InChI=1S/C13H12N4O4S2/c1-13(2)20-10(18)8(11(19)21-13)9-15-17-12(23-9)16-14-6-7-4-3-5-22-7/h3-6,15H,1-2H3,(H,16,17)/b14-6+. The van der Waals surface area contributed by atoms with Crippen molar-refractivity contribution in [1.29, 1.82) is 0 Å². The molecular formula is C13H12N4O4S2. The summed E-state index contributed by atoms with van der Waals surface area (Å²) in [5.41, 5.74) is 5.12. The summed E-state index contributed by atoms with van der Waals surface area (Å²) in [6, 6.07) is 3.83. The van der Waals surface area contributed by atoms with E-state index in [2.05, 4.69) is 21.1 Å². The van der Waals surface area contributed by atoms with Gasteiger partial charge in [-0.3, -0.25) is 10.9 Å². The van der Waals surface area contributed by atoms with E-state index in [4.69, 9.17) is 9.47 Å². The van der Waals surface area contributed by atoms with Crippen molar-refractivity contribution < 1.29 is 19.1 Å². The van der Waals surface area contributed by atoms with Crippen LogP contribution in [0.15, 0.2) is 38.3 Å². The van der Waals surface area contributed by atoms with Gasteiger partial charge in [-0.1, -0.05) is 6.07 Å². The van der Waals surface area contributed by atoms with Crippen molar-refractivity contribution in [2.45, 2.75) is 19.6 Å². The summed E-state index contributed by atoms with van der Waals surface area (Å²) in [5, 5.41) is 10.6. The highest BCUT2D eigenvalue weighted by Gasteiger charge is 2.42. The summed E-state index contributed by atoms with van der Waals surface area (Å²) in [6.45, 7) is 2.98. The molecule has 0 bridgehead atoms. The molecule has 2 aliphatic heterocycles. The molecule has 0 aliphatic carbocycles. The van der Waals surface area contributed by atoms with Gasteiger partial charge < -0.3 is 9.47 Å². The predicted molar refractivity (Wildman–Crippen MR) is 86.5 cm³/mol. The fraction of sp³-hybridized carbons (Fsp3) is 0.231. The van der Waals surface area contributed by atoms with Crippen LogP contribution in [0, 0.1) is 0 Å². The Hall–Kier alpha value is -2.33. The number of hydrogen-bond donors (Lipinski definition) is 2. The lowest BCUT2D eigenvalue weighted by Crippen LogP contribution is -2.42. The number of nitrogens with zero attached hydrogens (tertiary/aromatic N) is 2. The molecule has 10 heteroatoms. The minimum Gasteiger partial charge on any atom is -0.419 e. The second-order valence-corrected chi connectivity index (χ2v) is 6.88. The predicted octanol–water partition coefficient (Wildman–Crippen LogP) is 1.33. The van der Waals surface area contributed by atoms with E-state index < -0.39 is 17.7 Å². The maximum atomic E-state index is 11.9. The zero-order chi connectivity index (χ0) is 16.4. The third-order valence-electron chi connectivity index (χ3n) is 2.67. The average Bonchev–Trinajstić information content (AvgIpc) is 3.08. The summed E-state index contributed by atoms with van der Waals surface area (Å²) in [6.07, 6.45) is 1.64. The van der Waals surface area contributed by atoms with Crippen LogP contribution in [0.1, 0.15) is 18.7 Å². The Morgan fingerprint density at radius 1 is 1.35 bits per heavy atom. The largest absolute Gasteiger partial charge is 0.419 e. The highest BCUT2D eigenvalue weighted by molar-refractivity contribution is 8.17.